The molecule has 1 aliphatic carbocycles. The SMILES string of the molecule is CC(NC1CCC(C)(C)CC1)C(=O)N1CCCC1. The van der Waals surface area contributed by atoms with Crippen LogP contribution in [0, 0.1) is 5.41 Å². The predicted molar refractivity (Wildman–Crippen MR) is 74.4 cm³/mol. The summed E-state index contributed by atoms with van der Waals surface area (Å²) in [6.45, 7) is 8.65. The van der Waals surface area contributed by atoms with Crippen molar-refractivity contribution in [2.75, 3.05) is 13.1 Å². The van der Waals surface area contributed by atoms with Crippen LogP contribution in [0.5, 0.6) is 0 Å². The summed E-state index contributed by atoms with van der Waals surface area (Å²) < 4.78 is 0. The van der Waals surface area contributed by atoms with E-state index in [1.54, 1.807) is 0 Å². The number of rotatable bonds is 3. The van der Waals surface area contributed by atoms with Crippen molar-refractivity contribution in [3.63, 3.8) is 0 Å². The van der Waals surface area contributed by atoms with Gasteiger partial charge in [-0.3, -0.25) is 4.79 Å². The summed E-state index contributed by atoms with van der Waals surface area (Å²) in [5.41, 5.74) is 0.500. The minimum Gasteiger partial charge on any atom is -0.341 e. The molecule has 0 aromatic carbocycles. The maximum absolute atomic E-state index is 12.2. The lowest BCUT2D eigenvalue weighted by Gasteiger charge is -2.36. The van der Waals surface area contributed by atoms with Gasteiger partial charge in [0.15, 0.2) is 0 Å². The highest BCUT2D eigenvalue weighted by atomic mass is 16.2. The molecule has 1 atom stereocenters. The molecule has 18 heavy (non-hydrogen) atoms. The number of amides is 1. The van der Waals surface area contributed by atoms with E-state index in [2.05, 4.69) is 19.2 Å². The van der Waals surface area contributed by atoms with E-state index in [0.717, 1.165) is 13.1 Å². The van der Waals surface area contributed by atoms with Crippen molar-refractivity contribution in [2.24, 2.45) is 5.41 Å². The maximum atomic E-state index is 12.2. The fourth-order valence-corrected chi connectivity index (χ4v) is 3.20. The molecule has 0 aromatic heterocycles. The zero-order chi connectivity index (χ0) is 13.2. The van der Waals surface area contributed by atoms with Crippen LogP contribution in [0.3, 0.4) is 0 Å². The minimum absolute atomic E-state index is 0.00527. The van der Waals surface area contributed by atoms with E-state index in [-0.39, 0.29) is 6.04 Å². The molecule has 3 heteroatoms. The van der Waals surface area contributed by atoms with Crippen molar-refractivity contribution in [3.8, 4) is 0 Å². The topological polar surface area (TPSA) is 32.3 Å². The van der Waals surface area contributed by atoms with Crippen LogP contribution in [0.4, 0.5) is 0 Å². The molecule has 2 rings (SSSR count). The number of hydrogen-bond acceptors (Lipinski definition) is 2. The molecular weight excluding hydrogens is 224 g/mol. The third kappa shape index (κ3) is 3.47. The first kappa shape index (κ1) is 13.9. The van der Waals surface area contributed by atoms with Crippen molar-refractivity contribution < 1.29 is 4.79 Å². The van der Waals surface area contributed by atoms with Gasteiger partial charge in [0, 0.05) is 19.1 Å². The first-order valence-corrected chi connectivity index (χ1v) is 7.53. The van der Waals surface area contributed by atoms with Crippen molar-refractivity contribution >= 4 is 5.91 Å². The van der Waals surface area contributed by atoms with E-state index in [1.807, 2.05) is 11.8 Å². The molecule has 104 valence electrons. The van der Waals surface area contributed by atoms with Crippen molar-refractivity contribution in [2.45, 2.75) is 71.4 Å². The number of hydrogen-bond donors (Lipinski definition) is 1. The van der Waals surface area contributed by atoms with Crippen LogP contribution in [-0.2, 0) is 4.79 Å². The lowest BCUT2D eigenvalue weighted by Crippen LogP contribution is -2.48. The van der Waals surface area contributed by atoms with Gasteiger partial charge in [0.2, 0.25) is 5.91 Å². The summed E-state index contributed by atoms with van der Waals surface area (Å²) in [6, 6.07) is 0.536. The van der Waals surface area contributed by atoms with E-state index < -0.39 is 0 Å². The molecule has 1 aliphatic heterocycles. The van der Waals surface area contributed by atoms with Crippen LogP contribution < -0.4 is 5.32 Å². The first-order valence-electron chi connectivity index (χ1n) is 7.53. The molecule has 1 N–H and O–H groups in total. The van der Waals surface area contributed by atoms with Crippen molar-refractivity contribution in [1.82, 2.24) is 10.2 Å². The summed E-state index contributed by atoms with van der Waals surface area (Å²) in [6.07, 6.45) is 7.33. The average Bonchev–Trinajstić information content (AvgIpc) is 2.84. The van der Waals surface area contributed by atoms with Gasteiger partial charge in [0.05, 0.1) is 6.04 Å². The van der Waals surface area contributed by atoms with Crippen LogP contribution in [-0.4, -0.2) is 36.0 Å². The number of nitrogens with zero attached hydrogens (tertiary/aromatic N) is 1. The second kappa shape index (κ2) is 5.60. The lowest BCUT2D eigenvalue weighted by molar-refractivity contribution is -0.132. The van der Waals surface area contributed by atoms with E-state index in [4.69, 9.17) is 0 Å². The Labute approximate surface area is 111 Å². The average molecular weight is 252 g/mol. The minimum atomic E-state index is -0.00527. The third-order valence-corrected chi connectivity index (χ3v) is 4.61. The second-order valence-electron chi connectivity index (χ2n) is 6.86. The number of nitrogens with one attached hydrogen (secondary N) is 1. The molecule has 0 radical (unpaired) electrons. The van der Waals surface area contributed by atoms with Crippen LogP contribution >= 0.6 is 0 Å². The molecule has 1 unspecified atom stereocenters. The summed E-state index contributed by atoms with van der Waals surface area (Å²) in [5, 5.41) is 3.54. The molecule has 3 nitrogen and oxygen atoms in total. The summed E-state index contributed by atoms with van der Waals surface area (Å²) in [7, 11) is 0. The molecule has 1 saturated heterocycles. The Balaban J connectivity index is 1.77. The summed E-state index contributed by atoms with van der Waals surface area (Å²) in [4.78, 5) is 14.2. The van der Waals surface area contributed by atoms with Crippen LogP contribution in [0.2, 0.25) is 0 Å². The highest BCUT2D eigenvalue weighted by molar-refractivity contribution is 5.81. The van der Waals surface area contributed by atoms with Gasteiger partial charge < -0.3 is 10.2 Å². The Morgan fingerprint density at radius 1 is 1.22 bits per heavy atom. The molecule has 1 saturated carbocycles. The molecule has 0 bridgehead atoms. The molecule has 1 amide bonds. The van der Waals surface area contributed by atoms with Gasteiger partial charge in [-0.15, -0.1) is 0 Å². The molecule has 1 heterocycles. The normalized spacial score (nSPS) is 26.3. The first-order chi connectivity index (χ1) is 8.48. The third-order valence-electron chi connectivity index (χ3n) is 4.61. The second-order valence-corrected chi connectivity index (χ2v) is 6.86. The van der Waals surface area contributed by atoms with Gasteiger partial charge in [0.1, 0.15) is 0 Å². The summed E-state index contributed by atoms with van der Waals surface area (Å²) in [5.74, 6) is 0.303. The lowest BCUT2D eigenvalue weighted by atomic mass is 9.75. The van der Waals surface area contributed by atoms with Gasteiger partial charge in [-0.25, -0.2) is 0 Å². The Morgan fingerprint density at radius 3 is 2.33 bits per heavy atom. The van der Waals surface area contributed by atoms with E-state index >= 15 is 0 Å². The van der Waals surface area contributed by atoms with Gasteiger partial charge in [-0.05, 0) is 50.9 Å². The Hall–Kier alpha value is -0.570. The zero-order valence-corrected chi connectivity index (χ0v) is 12.2. The van der Waals surface area contributed by atoms with E-state index in [0.29, 0.717) is 17.4 Å². The van der Waals surface area contributed by atoms with Gasteiger partial charge in [0.25, 0.3) is 0 Å². The molecule has 0 aromatic rings. The van der Waals surface area contributed by atoms with Crippen LogP contribution in [0.1, 0.15) is 59.3 Å². The standard InChI is InChI=1S/C15H28N2O/c1-12(14(18)17-10-4-5-11-17)16-13-6-8-15(2,3)9-7-13/h12-13,16H,4-11H2,1-3H3. The molecule has 2 aliphatic rings. The fraction of sp³-hybridized carbons (Fsp3) is 0.933. The quantitative estimate of drug-likeness (QED) is 0.837. The monoisotopic (exact) mass is 252 g/mol. The highest BCUT2D eigenvalue weighted by Crippen LogP contribution is 2.35. The molecule has 0 spiro atoms. The van der Waals surface area contributed by atoms with Gasteiger partial charge in [-0.2, -0.15) is 0 Å². The maximum Gasteiger partial charge on any atom is 0.239 e. The van der Waals surface area contributed by atoms with E-state index in [9.17, 15) is 4.79 Å². The van der Waals surface area contributed by atoms with E-state index in [1.165, 1.54) is 38.5 Å². The van der Waals surface area contributed by atoms with Gasteiger partial charge >= 0.3 is 0 Å². The predicted octanol–water partition coefficient (Wildman–Crippen LogP) is 2.56. The number of carbonyl (C=O) groups is 1. The van der Waals surface area contributed by atoms with Crippen LogP contribution in [0.15, 0.2) is 0 Å². The van der Waals surface area contributed by atoms with Crippen LogP contribution in [0.25, 0.3) is 0 Å². The molecular formula is C15H28N2O. The zero-order valence-electron chi connectivity index (χ0n) is 12.2. The Bertz CT molecular complexity index is 285. The molecule has 2 fully saturated rings. The van der Waals surface area contributed by atoms with Gasteiger partial charge in [-0.1, -0.05) is 13.8 Å². The Kier molecular flexibility index (Phi) is 4.31. The number of likely N-dealkylation sites (tertiary alicyclic amines) is 1. The van der Waals surface area contributed by atoms with Crippen molar-refractivity contribution in [3.05, 3.63) is 0 Å². The fourth-order valence-electron chi connectivity index (χ4n) is 3.20. The van der Waals surface area contributed by atoms with Crippen molar-refractivity contribution in [1.29, 1.82) is 0 Å². The highest BCUT2D eigenvalue weighted by Gasteiger charge is 2.30. The summed E-state index contributed by atoms with van der Waals surface area (Å²) >= 11 is 0. The smallest absolute Gasteiger partial charge is 0.239 e. The largest absolute Gasteiger partial charge is 0.341 e. The number of carbonyl (C=O) groups excluding carboxylic acids is 1. The Morgan fingerprint density at radius 2 is 1.78 bits per heavy atom.